The summed E-state index contributed by atoms with van der Waals surface area (Å²) in [5.74, 6) is 6.61. The van der Waals surface area contributed by atoms with E-state index in [1.165, 1.54) is 137 Å². The van der Waals surface area contributed by atoms with Crippen LogP contribution in [0.3, 0.4) is 0 Å². The average molecular weight is 691 g/mol. The Kier molecular flexibility index (Phi) is 7.58. The SMILES string of the molecule is CC1(C)c2ccccc2-c2ccc(-c3ccc(-c4ccc5ccc(C6CC7C8CCCCC8CCC7C7CCCCC67)cc5c4)c4ccccc34)cc21. The molecule has 0 amide bonds. The highest BCUT2D eigenvalue weighted by Gasteiger charge is 2.51. The van der Waals surface area contributed by atoms with Gasteiger partial charge in [-0.25, -0.2) is 0 Å². The highest BCUT2D eigenvalue weighted by molar-refractivity contribution is 6.06. The van der Waals surface area contributed by atoms with Crippen LogP contribution in [0.5, 0.6) is 0 Å². The van der Waals surface area contributed by atoms with Crippen molar-refractivity contribution >= 4 is 21.5 Å². The molecule has 7 unspecified atom stereocenters. The molecule has 11 rings (SSSR count). The maximum Gasteiger partial charge on any atom is 0.0159 e. The molecule has 0 aromatic heterocycles. The van der Waals surface area contributed by atoms with E-state index in [4.69, 9.17) is 0 Å². The fourth-order valence-corrected chi connectivity index (χ4v) is 13.4. The van der Waals surface area contributed by atoms with Gasteiger partial charge in [-0.2, -0.15) is 0 Å². The minimum atomic E-state index is -0.00639. The Balaban J connectivity index is 0.961. The summed E-state index contributed by atoms with van der Waals surface area (Å²) in [6.07, 6.45) is 16.4. The predicted molar refractivity (Wildman–Crippen MR) is 224 cm³/mol. The third-order valence-corrected chi connectivity index (χ3v) is 15.8. The minimum absolute atomic E-state index is 0.00639. The molecule has 0 spiro atoms. The lowest BCUT2D eigenvalue weighted by Crippen LogP contribution is -2.48. The first kappa shape index (κ1) is 32.3. The van der Waals surface area contributed by atoms with E-state index in [2.05, 4.69) is 129 Å². The van der Waals surface area contributed by atoms with Crippen LogP contribution >= 0.6 is 0 Å². The molecule has 7 atom stereocenters. The van der Waals surface area contributed by atoms with E-state index < -0.39 is 0 Å². The van der Waals surface area contributed by atoms with Gasteiger partial charge in [0.05, 0.1) is 0 Å². The normalized spacial score (nSPS) is 28.5. The molecule has 5 aliphatic carbocycles. The molecule has 0 nitrogen and oxygen atoms in total. The second-order valence-corrected chi connectivity index (χ2v) is 18.5. The van der Waals surface area contributed by atoms with Gasteiger partial charge in [-0.05, 0) is 164 Å². The summed E-state index contributed by atoms with van der Waals surface area (Å²) in [5.41, 5.74) is 12.6. The number of fused-ring (bicyclic) bond motifs is 10. The molecule has 6 aromatic rings. The first-order chi connectivity index (χ1) is 26.0. The standard InChI is InChI=1S/C53H54/c1-53(2)51-18-10-9-17-47(51)48-26-24-37(31-52(48)53)41-28-27-40(42-13-5-6-14-43(41)42)35-21-19-33-20-22-36(30-38(33)29-35)49-32-50-39-12-4-3-11-34(39)23-25-46(50)44-15-7-8-16-45(44)49/h5-6,9-10,13-14,17-22,24,26-31,34,39,44-46,49-50H,3-4,7-8,11-12,15-16,23,25,32H2,1-2H3. The second-order valence-electron chi connectivity index (χ2n) is 18.5. The molecule has 0 aliphatic heterocycles. The van der Waals surface area contributed by atoms with Gasteiger partial charge in [0.1, 0.15) is 0 Å². The van der Waals surface area contributed by atoms with Crippen molar-refractivity contribution in [2.24, 2.45) is 35.5 Å². The van der Waals surface area contributed by atoms with Crippen LogP contribution in [0.4, 0.5) is 0 Å². The van der Waals surface area contributed by atoms with E-state index in [0.29, 0.717) is 0 Å². The fraction of sp³-hybridized carbons (Fsp3) is 0.396. The summed E-state index contributed by atoms with van der Waals surface area (Å²) in [6.45, 7) is 4.77. The zero-order valence-electron chi connectivity index (χ0n) is 31.8. The third kappa shape index (κ3) is 5.07. The second kappa shape index (κ2) is 12.4. The first-order valence-electron chi connectivity index (χ1n) is 21.3. The lowest BCUT2D eigenvalue weighted by atomic mass is 9.48. The van der Waals surface area contributed by atoms with Crippen LogP contribution in [-0.4, -0.2) is 0 Å². The van der Waals surface area contributed by atoms with Gasteiger partial charge < -0.3 is 0 Å². The predicted octanol–water partition coefficient (Wildman–Crippen LogP) is 14.8. The van der Waals surface area contributed by atoms with Crippen LogP contribution in [0.15, 0.2) is 115 Å². The van der Waals surface area contributed by atoms with Crippen LogP contribution in [0, 0.1) is 35.5 Å². The summed E-state index contributed by atoms with van der Waals surface area (Å²) < 4.78 is 0. The molecular weight excluding hydrogens is 637 g/mol. The Bertz CT molecular complexity index is 2370. The van der Waals surface area contributed by atoms with Crippen molar-refractivity contribution in [2.75, 3.05) is 0 Å². The summed E-state index contributed by atoms with van der Waals surface area (Å²) in [6, 6.07) is 44.9. The molecule has 266 valence electrons. The summed E-state index contributed by atoms with van der Waals surface area (Å²) in [4.78, 5) is 0. The molecule has 5 aliphatic rings. The summed E-state index contributed by atoms with van der Waals surface area (Å²) in [7, 11) is 0. The van der Waals surface area contributed by atoms with Crippen molar-refractivity contribution in [3.05, 3.63) is 132 Å². The van der Waals surface area contributed by atoms with E-state index in [1.54, 1.807) is 5.56 Å². The molecule has 0 radical (unpaired) electrons. The van der Waals surface area contributed by atoms with Gasteiger partial charge in [0.15, 0.2) is 0 Å². The van der Waals surface area contributed by atoms with E-state index >= 15 is 0 Å². The maximum absolute atomic E-state index is 2.64. The Morgan fingerprint density at radius 1 is 0.434 bits per heavy atom. The molecule has 6 aromatic carbocycles. The molecule has 0 heterocycles. The van der Waals surface area contributed by atoms with Gasteiger partial charge in [-0.1, -0.05) is 149 Å². The topological polar surface area (TPSA) is 0 Å². The van der Waals surface area contributed by atoms with Gasteiger partial charge in [-0.15, -0.1) is 0 Å². The lowest BCUT2D eigenvalue weighted by Gasteiger charge is -2.57. The Morgan fingerprint density at radius 2 is 1.06 bits per heavy atom. The van der Waals surface area contributed by atoms with E-state index in [0.717, 1.165) is 41.4 Å². The van der Waals surface area contributed by atoms with Crippen LogP contribution in [-0.2, 0) is 5.41 Å². The number of benzene rings is 6. The lowest BCUT2D eigenvalue weighted by molar-refractivity contribution is -0.0515. The Morgan fingerprint density at radius 3 is 1.89 bits per heavy atom. The highest BCUT2D eigenvalue weighted by Crippen LogP contribution is 2.61. The van der Waals surface area contributed by atoms with Crippen molar-refractivity contribution in [2.45, 2.75) is 95.8 Å². The van der Waals surface area contributed by atoms with Crippen molar-refractivity contribution in [1.29, 1.82) is 0 Å². The molecule has 53 heavy (non-hydrogen) atoms. The van der Waals surface area contributed by atoms with Crippen molar-refractivity contribution in [3.8, 4) is 33.4 Å². The molecule has 4 saturated carbocycles. The van der Waals surface area contributed by atoms with Crippen LogP contribution in [0.25, 0.3) is 54.9 Å². The van der Waals surface area contributed by atoms with E-state index in [-0.39, 0.29) is 5.41 Å². The molecule has 0 bridgehead atoms. The summed E-state index contributed by atoms with van der Waals surface area (Å²) >= 11 is 0. The quantitative estimate of drug-likeness (QED) is 0.173. The van der Waals surface area contributed by atoms with E-state index in [9.17, 15) is 0 Å². The van der Waals surface area contributed by atoms with Crippen LogP contribution in [0.1, 0.15) is 107 Å². The zero-order chi connectivity index (χ0) is 35.3. The molecule has 0 saturated heterocycles. The van der Waals surface area contributed by atoms with Gasteiger partial charge in [0.25, 0.3) is 0 Å². The average Bonchev–Trinajstić information content (AvgIpc) is 3.44. The Hall–Kier alpha value is -4.16. The van der Waals surface area contributed by atoms with Crippen LogP contribution in [0.2, 0.25) is 0 Å². The minimum Gasteiger partial charge on any atom is -0.0619 e. The Labute approximate surface area is 317 Å². The zero-order valence-corrected chi connectivity index (χ0v) is 31.8. The number of rotatable bonds is 3. The smallest absolute Gasteiger partial charge is 0.0159 e. The molecule has 4 fully saturated rings. The first-order valence-corrected chi connectivity index (χ1v) is 21.3. The monoisotopic (exact) mass is 690 g/mol. The summed E-state index contributed by atoms with van der Waals surface area (Å²) in [5, 5.41) is 5.47. The number of hydrogen-bond donors (Lipinski definition) is 0. The fourth-order valence-electron chi connectivity index (χ4n) is 13.4. The molecule has 0 heteroatoms. The van der Waals surface area contributed by atoms with Crippen molar-refractivity contribution < 1.29 is 0 Å². The van der Waals surface area contributed by atoms with Gasteiger partial charge in [0, 0.05) is 5.41 Å². The third-order valence-electron chi connectivity index (χ3n) is 15.8. The van der Waals surface area contributed by atoms with Crippen molar-refractivity contribution in [3.63, 3.8) is 0 Å². The van der Waals surface area contributed by atoms with Crippen LogP contribution < -0.4 is 0 Å². The van der Waals surface area contributed by atoms with E-state index in [1.807, 2.05) is 0 Å². The molecule has 0 N–H and O–H groups in total. The van der Waals surface area contributed by atoms with Gasteiger partial charge >= 0.3 is 0 Å². The van der Waals surface area contributed by atoms with Crippen molar-refractivity contribution in [1.82, 2.24) is 0 Å². The largest absolute Gasteiger partial charge is 0.0619 e. The number of hydrogen-bond acceptors (Lipinski definition) is 0. The van der Waals surface area contributed by atoms with Gasteiger partial charge in [0.2, 0.25) is 0 Å². The highest BCUT2D eigenvalue weighted by atomic mass is 14.6. The molecular formula is C53H54. The maximum atomic E-state index is 2.64. The van der Waals surface area contributed by atoms with Gasteiger partial charge in [-0.3, -0.25) is 0 Å².